The van der Waals surface area contributed by atoms with Gasteiger partial charge in [-0.25, -0.2) is 0 Å². The molecule has 190 valence electrons. The van der Waals surface area contributed by atoms with Gasteiger partial charge in [-0.3, -0.25) is 9.59 Å². The zero-order chi connectivity index (χ0) is 26.2. The van der Waals surface area contributed by atoms with Crippen molar-refractivity contribution in [1.29, 1.82) is 0 Å². The van der Waals surface area contributed by atoms with E-state index in [1.54, 1.807) is 18.2 Å². The van der Waals surface area contributed by atoms with Crippen molar-refractivity contribution in [3.63, 3.8) is 0 Å². The number of rotatable bonds is 11. The van der Waals surface area contributed by atoms with E-state index in [0.29, 0.717) is 23.1 Å². The summed E-state index contributed by atoms with van der Waals surface area (Å²) in [5.74, 6) is -0.0263. The molecule has 0 amide bonds. The van der Waals surface area contributed by atoms with Crippen molar-refractivity contribution in [1.82, 2.24) is 0 Å². The normalized spacial score (nSPS) is 13.2. The van der Waals surface area contributed by atoms with Crippen molar-refractivity contribution in [2.45, 2.75) is 38.5 Å². The average Bonchev–Trinajstić information content (AvgIpc) is 2.98. The predicted molar refractivity (Wildman–Crippen MR) is 161 cm³/mol. The van der Waals surface area contributed by atoms with Crippen molar-refractivity contribution in [2.75, 3.05) is 6.16 Å². The molecule has 4 aromatic carbocycles. The molecule has 0 N–H and O–H groups in total. The van der Waals surface area contributed by atoms with E-state index >= 15 is 0 Å². The third-order valence-electron chi connectivity index (χ3n) is 7.56. The average molecular weight is 518 g/mol. The molecule has 0 aromatic heterocycles. The van der Waals surface area contributed by atoms with E-state index in [2.05, 4.69) is 91.0 Å². The van der Waals surface area contributed by atoms with E-state index in [4.69, 9.17) is 0 Å². The molecule has 0 fully saturated rings. The van der Waals surface area contributed by atoms with Crippen LogP contribution in [0.25, 0.3) is 0 Å². The van der Waals surface area contributed by atoms with E-state index < -0.39 is 7.26 Å². The lowest BCUT2D eigenvalue weighted by Crippen LogP contribution is -2.33. The molecule has 5 rings (SSSR count). The number of unbranched alkanes of at least 4 members (excludes halogenated alkanes) is 4. The van der Waals surface area contributed by atoms with Crippen LogP contribution in [0, 0.1) is 0 Å². The number of benzene rings is 4. The number of hydrogen-bond acceptors (Lipinski definition) is 2. The molecule has 0 atom stereocenters. The van der Waals surface area contributed by atoms with Gasteiger partial charge in [0, 0.05) is 16.7 Å². The summed E-state index contributed by atoms with van der Waals surface area (Å²) < 4.78 is 0. The number of Topliss-reactive ketones (excluding diaryl/α,β-unsaturated/α-hetero) is 1. The first kappa shape index (κ1) is 26.0. The number of hydrogen-bond donors (Lipinski definition) is 0. The number of fused-ring (bicyclic) bond motifs is 1. The standard InChI is InChI=1S/C35H34O2P/c36-34-27-28(35(37)33-25-15-14-24-32(33)34)17-7-2-1-3-16-26-38(29-18-8-4-9-19-29,30-20-10-5-11-21-30)31-22-12-6-13-23-31/h4-6,8-15,18-25,27H,1-3,7,16-17,26H2/q+1. The Kier molecular flexibility index (Phi) is 8.41. The molecule has 3 heteroatoms. The highest BCUT2D eigenvalue weighted by molar-refractivity contribution is 7.95. The van der Waals surface area contributed by atoms with Gasteiger partial charge in [0.2, 0.25) is 0 Å². The van der Waals surface area contributed by atoms with Gasteiger partial charge in [-0.2, -0.15) is 0 Å². The second-order valence-corrected chi connectivity index (χ2v) is 13.6. The summed E-state index contributed by atoms with van der Waals surface area (Å²) in [5.41, 5.74) is 1.75. The Bertz CT molecular complexity index is 1310. The Morgan fingerprint density at radius 2 is 0.921 bits per heavy atom. The van der Waals surface area contributed by atoms with Crippen LogP contribution in [0.4, 0.5) is 0 Å². The van der Waals surface area contributed by atoms with Gasteiger partial charge in [0.05, 0.1) is 6.16 Å². The highest BCUT2D eigenvalue weighted by atomic mass is 31.2. The molecule has 38 heavy (non-hydrogen) atoms. The summed E-state index contributed by atoms with van der Waals surface area (Å²) in [6.45, 7) is 0. The maximum atomic E-state index is 12.8. The fourth-order valence-corrected chi connectivity index (χ4v) is 10.0. The lowest BCUT2D eigenvalue weighted by atomic mass is 9.87. The van der Waals surface area contributed by atoms with Crippen LogP contribution in [0.1, 0.15) is 59.2 Å². The molecule has 0 unspecified atom stereocenters. The van der Waals surface area contributed by atoms with Gasteiger partial charge in [0.15, 0.2) is 11.6 Å². The van der Waals surface area contributed by atoms with Crippen LogP contribution in [0.5, 0.6) is 0 Å². The Morgan fingerprint density at radius 3 is 1.47 bits per heavy atom. The maximum Gasteiger partial charge on any atom is 0.189 e. The van der Waals surface area contributed by atoms with Gasteiger partial charge in [-0.1, -0.05) is 91.7 Å². The molecule has 0 saturated carbocycles. The Morgan fingerprint density at radius 1 is 0.474 bits per heavy atom. The molecule has 2 nitrogen and oxygen atoms in total. The molecule has 0 radical (unpaired) electrons. The smallest absolute Gasteiger partial charge is 0.189 e. The van der Waals surface area contributed by atoms with Crippen LogP contribution in [0.3, 0.4) is 0 Å². The van der Waals surface area contributed by atoms with Crippen molar-refractivity contribution < 1.29 is 9.59 Å². The third-order valence-corrected chi connectivity index (χ3v) is 12.1. The Labute approximate surface area is 226 Å². The van der Waals surface area contributed by atoms with E-state index in [0.717, 1.165) is 38.3 Å². The van der Waals surface area contributed by atoms with Gasteiger partial charge in [-0.05, 0) is 68.2 Å². The minimum atomic E-state index is -1.77. The van der Waals surface area contributed by atoms with Crippen LogP contribution in [-0.2, 0) is 0 Å². The molecule has 0 saturated heterocycles. The predicted octanol–water partition coefficient (Wildman–Crippen LogP) is 7.33. The first-order valence-corrected chi connectivity index (χ1v) is 15.6. The van der Waals surface area contributed by atoms with Crippen LogP contribution in [0.15, 0.2) is 127 Å². The largest absolute Gasteiger partial charge is 0.289 e. The van der Waals surface area contributed by atoms with Crippen molar-refractivity contribution in [3.8, 4) is 0 Å². The molecule has 1 aliphatic carbocycles. The molecule has 4 aromatic rings. The highest BCUT2D eigenvalue weighted by Gasteiger charge is 2.44. The maximum absolute atomic E-state index is 12.8. The fraction of sp³-hybridized carbons (Fsp3) is 0.200. The number of carbonyl (C=O) groups is 2. The lowest BCUT2D eigenvalue weighted by molar-refractivity contribution is 0.0981. The second kappa shape index (κ2) is 12.3. The van der Waals surface area contributed by atoms with E-state index in [1.807, 2.05) is 12.1 Å². The van der Waals surface area contributed by atoms with Crippen molar-refractivity contribution in [3.05, 3.63) is 138 Å². The van der Waals surface area contributed by atoms with Gasteiger partial charge >= 0.3 is 0 Å². The van der Waals surface area contributed by atoms with Crippen LogP contribution >= 0.6 is 7.26 Å². The fourth-order valence-electron chi connectivity index (χ4n) is 5.63. The third kappa shape index (κ3) is 5.47. The second-order valence-electron chi connectivity index (χ2n) is 9.97. The number of allylic oxidation sites excluding steroid dienone is 2. The summed E-state index contributed by atoms with van der Waals surface area (Å²) in [7, 11) is -1.77. The van der Waals surface area contributed by atoms with Gasteiger partial charge in [0.1, 0.15) is 23.2 Å². The quantitative estimate of drug-likeness (QED) is 0.154. The molecule has 0 aliphatic heterocycles. The Balaban J connectivity index is 1.23. The summed E-state index contributed by atoms with van der Waals surface area (Å²) in [6, 6.07) is 40.3. The summed E-state index contributed by atoms with van der Waals surface area (Å²) >= 11 is 0. The first-order valence-electron chi connectivity index (χ1n) is 13.6. The first-order chi connectivity index (χ1) is 18.7. The minimum absolute atomic E-state index is 0.0170. The summed E-state index contributed by atoms with van der Waals surface area (Å²) in [5, 5.41) is 4.31. The van der Waals surface area contributed by atoms with Crippen LogP contribution in [0.2, 0.25) is 0 Å². The van der Waals surface area contributed by atoms with Crippen LogP contribution < -0.4 is 15.9 Å². The lowest BCUT2D eigenvalue weighted by Gasteiger charge is -2.27. The summed E-state index contributed by atoms with van der Waals surface area (Å²) in [4.78, 5) is 25.3. The van der Waals surface area contributed by atoms with E-state index in [-0.39, 0.29) is 11.6 Å². The van der Waals surface area contributed by atoms with Gasteiger partial charge in [-0.15, -0.1) is 0 Å². The zero-order valence-electron chi connectivity index (χ0n) is 21.8. The minimum Gasteiger partial charge on any atom is -0.289 e. The topological polar surface area (TPSA) is 34.1 Å². The van der Waals surface area contributed by atoms with Crippen molar-refractivity contribution >= 4 is 34.7 Å². The van der Waals surface area contributed by atoms with Gasteiger partial charge in [0.25, 0.3) is 0 Å². The van der Waals surface area contributed by atoms with E-state index in [9.17, 15) is 9.59 Å². The summed E-state index contributed by atoms with van der Waals surface area (Å²) in [6.07, 6.45) is 8.81. The molecule has 0 heterocycles. The van der Waals surface area contributed by atoms with Crippen molar-refractivity contribution in [2.24, 2.45) is 0 Å². The number of carbonyl (C=O) groups excluding carboxylic acids is 2. The zero-order valence-corrected chi connectivity index (χ0v) is 22.7. The SMILES string of the molecule is O=C1C=C(CCCCCCC[P+](c2ccccc2)(c2ccccc2)c2ccccc2)C(=O)c2ccccc21. The molecule has 0 bridgehead atoms. The number of ketones is 2. The molecular weight excluding hydrogens is 483 g/mol. The Hall–Kier alpha value is -3.61. The molecule has 1 aliphatic rings. The van der Waals surface area contributed by atoms with Crippen LogP contribution in [-0.4, -0.2) is 17.7 Å². The highest BCUT2D eigenvalue weighted by Crippen LogP contribution is 2.56. The molecule has 0 spiro atoms. The monoisotopic (exact) mass is 517 g/mol. The van der Waals surface area contributed by atoms with Gasteiger partial charge < -0.3 is 0 Å². The molecular formula is C35H34O2P+. The van der Waals surface area contributed by atoms with E-state index in [1.165, 1.54) is 15.9 Å².